The number of nitrogens with zero attached hydrogens (tertiary/aromatic N) is 2. The van der Waals surface area contributed by atoms with Crippen molar-refractivity contribution in [3.8, 4) is 0 Å². The molecule has 0 aromatic heterocycles. The van der Waals surface area contributed by atoms with Crippen LogP contribution < -0.4 is 4.90 Å². The molecule has 0 fully saturated rings. The van der Waals surface area contributed by atoms with Gasteiger partial charge in [-0.15, -0.1) is 6.58 Å². The SMILES string of the molecule is C=C(N=[C-]C(C[CH2-])c1ccccc1)N(c1ccccc1)c1ccccc1.CC.CC.CC.[Y]. The molecule has 2 nitrogen and oxygen atoms in total. The maximum absolute atomic E-state index is 4.57. The Labute approximate surface area is 228 Å². The Morgan fingerprint density at radius 3 is 1.48 bits per heavy atom. The third-order valence-electron chi connectivity index (χ3n) is 4.13. The fraction of sp³-hybridized carbons (Fsp3) is 0.267. The first kappa shape index (κ1) is 33.1. The van der Waals surface area contributed by atoms with Gasteiger partial charge in [0.05, 0.1) is 0 Å². The molecule has 1 unspecified atom stereocenters. The predicted octanol–water partition coefficient (Wildman–Crippen LogP) is 9.33. The maximum atomic E-state index is 4.57. The van der Waals surface area contributed by atoms with E-state index < -0.39 is 0 Å². The van der Waals surface area contributed by atoms with Gasteiger partial charge in [-0.25, -0.2) is 0 Å². The zero-order valence-corrected chi connectivity index (χ0v) is 24.2. The Hall–Kier alpha value is -2.03. The van der Waals surface area contributed by atoms with Gasteiger partial charge in [0.15, 0.2) is 0 Å². The van der Waals surface area contributed by atoms with Crippen LogP contribution in [0.3, 0.4) is 0 Å². The van der Waals surface area contributed by atoms with Gasteiger partial charge in [0.2, 0.25) is 0 Å². The van der Waals surface area contributed by atoms with Crippen molar-refractivity contribution < 1.29 is 32.7 Å². The summed E-state index contributed by atoms with van der Waals surface area (Å²) in [5.74, 6) is 0.665. The first-order chi connectivity index (χ1) is 15.8. The number of para-hydroxylation sites is 2. The summed E-state index contributed by atoms with van der Waals surface area (Å²) < 4.78 is 0. The number of hydrogen-bond acceptors (Lipinski definition) is 2. The van der Waals surface area contributed by atoms with E-state index in [4.69, 9.17) is 0 Å². The van der Waals surface area contributed by atoms with Gasteiger partial charge in [-0.05, 0) is 30.1 Å². The van der Waals surface area contributed by atoms with E-state index in [9.17, 15) is 0 Å². The first-order valence-electron chi connectivity index (χ1n) is 11.7. The van der Waals surface area contributed by atoms with Crippen molar-refractivity contribution >= 4 is 17.6 Å². The molecule has 0 heterocycles. The Morgan fingerprint density at radius 1 is 0.758 bits per heavy atom. The fourth-order valence-electron chi connectivity index (χ4n) is 2.79. The molecule has 3 rings (SSSR count). The van der Waals surface area contributed by atoms with E-state index in [2.05, 4.69) is 36.8 Å². The van der Waals surface area contributed by atoms with E-state index in [1.165, 1.54) is 0 Å². The summed E-state index contributed by atoms with van der Waals surface area (Å²) >= 11 is 0. The van der Waals surface area contributed by atoms with E-state index in [-0.39, 0.29) is 38.6 Å². The molecule has 1 atom stereocenters. The maximum Gasteiger partial charge on any atom is 0.0303 e. The van der Waals surface area contributed by atoms with Crippen LogP contribution in [0.2, 0.25) is 0 Å². The zero-order valence-electron chi connectivity index (χ0n) is 21.3. The van der Waals surface area contributed by atoms with Gasteiger partial charge in [-0.1, -0.05) is 120 Å². The van der Waals surface area contributed by atoms with Crippen molar-refractivity contribution in [1.82, 2.24) is 0 Å². The molecule has 0 amide bonds. The molecule has 33 heavy (non-hydrogen) atoms. The van der Waals surface area contributed by atoms with Crippen molar-refractivity contribution in [2.75, 3.05) is 4.90 Å². The summed E-state index contributed by atoms with van der Waals surface area (Å²) in [4.78, 5) is 6.59. The number of benzene rings is 3. The Balaban J connectivity index is 0. The quantitative estimate of drug-likeness (QED) is 0.225. The molecule has 3 aromatic rings. The van der Waals surface area contributed by atoms with E-state index in [0.717, 1.165) is 16.9 Å². The summed E-state index contributed by atoms with van der Waals surface area (Å²) in [6, 6.07) is 30.4. The van der Waals surface area contributed by atoms with Crippen LogP contribution in [0.5, 0.6) is 0 Å². The molecule has 0 aliphatic heterocycles. The Morgan fingerprint density at radius 2 is 1.12 bits per heavy atom. The molecule has 0 saturated heterocycles. The number of aliphatic imine (C=N–C) groups is 1. The number of hydrogen-bond donors (Lipinski definition) is 0. The predicted molar refractivity (Wildman–Crippen MR) is 145 cm³/mol. The van der Waals surface area contributed by atoms with Gasteiger partial charge >= 0.3 is 0 Å². The number of anilines is 2. The minimum absolute atomic E-state index is 0. The average Bonchev–Trinajstić information content (AvgIpc) is 2.90. The molecule has 175 valence electrons. The molecule has 3 aromatic carbocycles. The van der Waals surface area contributed by atoms with Crippen molar-refractivity contribution in [3.05, 3.63) is 116 Å². The smallest absolute Gasteiger partial charge is 0.0303 e. The molecular weight excluding hydrogens is 477 g/mol. The second kappa shape index (κ2) is 21.8. The van der Waals surface area contributed by atoms with Crippen LogP contribution in [-0.4, -0.2) is 6.21 Å². The second-order valence-corrected chi connectivity index (χ2v) is 5.92. The topological polar surface area (TPSA) is 15.6 Å². The monoisotopic (exact) mass is 517 g/mol. The van der Waals surface area contributed by atoms with Gasteiger partial charge in [0, 0.05) is 44.1 Å². The Bertz CT molecular complexity index is 807. The van der Waals surface area contributed by atoms with E-state index in [0.29, 0.717) is 12.2 Å². The average molecular weight is 518 g/mol. The van der Waals surface area contributed by atoms with Crippen LogP contribution in [0.25, 0.3) is 0 Å². The van der Waals surface area contributed by atoms with Crippen molar-refractivity contribution in [2.45, 2.75) is 53.9 Å². The van der Waals surface area contributed by atoms with Gasteiger partial charge < -0.3 is 16.8 Å². The molecule has 0 bridgehead atoms. The molecule has 0 N–H and O–H groups in total. The molecule has 0 aliphatic rings. The molecule has 1 radical (unpaired) electrons. The summed E-state index contributed by atoms with van der Waals surface area (Å²) in [6.07, 6.45) is 3.92. The summed E-state index contributed by atoms with van der Waals surface area (Å²) in [7, 11) is 0. The van der Waals surface area contributed by atoms with Crippen molar-refractivity contribution in [1.29, 1.82) is 0 Å². The summed E-state index contributed by atoms with van der Waals surface area (Å²) in [5.41, 5.74) is 3.19. The van der Waals surface area contributed by atoms with Gasteiger partial charge in [0.25, 0.3) is 0 Å². The largest absolute Gasteiger partial charge is 0.441 e. The van der Waals surface area contributed by atoms with Crippen molar-refractivity contribution in [3.63, 3.8) is 0 Å². The minimum atomic E-state index is 0. The van der Waals surface area contributed by atoms with Gasteiger partial charge in [0.1, 0.15) is 0 Å². The fourth-order valence-corrected chi connectivity index (χ4v) is 2.79. The zero-order chi connectivity index (χ0) is 24.2. The van der Waals surface area contributed by atoms with Crippen LogP contribution in [-0.2, 0) is 32.7 Å². The summed E-state index contributed by atoms with van der Waals surface area (Å²) in [6.45, 7) is 20.2. The minimum Gasteiger partial charge on any atom is -0.441 e. The number of rotatable bonds is 7. The van der Waals surface area contributed by atoms with Crippen LogP contribution in [0.1, 0.15) is 59.4 Å². The molecule has 0 saturated carbocycles. The van der Waals surface area contributed by atoms with E-state index in [1.807, 2.05) is 125 Å². The normalized spacial score (nSPS) is 10.0. The van der Waals surface area contributed by atoms with Crippen LogP contribution in [0, 0.1) is 6.92 Å². The summed E-state index contributed by atoms with van der Waals surface area (Å²) in [5, 5.41) is 0. The molecule has 0 spiro atoms. The molecule has 3 heteroatoms. The van der Waals surface area contributed by atoms with Crippen LogP contribution in [0.4, 0.5) is 11.4 Å². The standard InChI is InChI=1S/C24H22N2.3C2H6.Y/c1-3-21(22-13-7-4-8-14-22)19-25-20(2)26(23-15-9-5-10-16-23)24-17-11-6-12-18-24;3*1-2;/h4-18,21H,1-3H2;3*1-2H3;/q-2;;;;. The third-order valence-corrected chi connectivity index (χ3v) is 4.13. The van der Waals surface area contributed by atoms with Gasteiger partial charge in [-0.2, -0.15) is 12.6 Å². The van der Waals surface area contributed by atoms with E-state index in [1.54, 1.807) is 0 Å². The molecular formula is C30H40N2Y-2. The van der Waals surface area contributed by atoms with Gasteiger partial charge in [-0.3, -0.25) is 0 Å². The second-order valence-electron chi connectivity index (χ2n) is 5.92. The first-order valence-corrected chi connectivity index (χ1v) is 11.7. The van der Waals surface area contributed by atoms with Crippen molar-refractivity contribution in [2.24, 2.45) is 4.99 Å². The third kappa shape index (κ3) is 11.6. The van der Waals surface area contributed by atoms with E-state index >= 15 is 0 Å². The van der Waals surface area contributed by atoms with Crippen LogP contribution >= 0.6 is 0 Å². The Kier molecular flexibility index (Phi) is 21.9. The molecule has 0 aliphatic carbocycles. The van der Waals surface area contributed by atoms with Crippen LogP contribution in [0.15, 0.2) is 108 Å².